The fourth-order valence-electron chi connectivity index (χ4n) is 2.59. The summed E-state index contributed by atoms with van der Waals surface area (Å²) in [4.78, 5) is 36.5. The summed E-state index contributed by atoms with van der Waals surface area (Å²) in [5, 5.41) is 14.7. The highest BCUT2D eigenvalue weighted by atomic mass is 16.4. The van der Waals surface area contributed by atoms with Gasteiger partial charge in [-0.25, -0.2) is 4.79 Å². The molecule has 27 heavy (non-hydrogen) atoms. The van der Waals surface area contributed by atoms with E-state index >= 15 is 0 Å². The minimum absolute atomic E-state index is 0.215. The van der Waals surface area contributed by atoms with E-state index in [0.29, 0.717) is 17.7 Å². The third kappa shape index (κ3) is 5.17. The second-order valence-corrected chi connectivity index (χ2v) is 6.54. The molecule has 2 rings (SSSR count). The Morgan fingerprint density at radius 1 is 1.00 bits per heavy atom. The van der Waals surface area contributed by atoms with E-state index in [2.05, 4.69) is 10.6 Å². The summed E-state index contributed by atoms with van der Waals surface area (Å²) < 4.78 is 0. The summed E-state index contributed by atoms with van der Waals surface area (Å²) in [5.74, 6) is -2.19. The number of amides is 2. The van der Waals surface area contributed by atoms with Crippen LogP contribution in [0.25, 0.3) is 0 Å². The molecule has 0 saturated carbocycles. The fourth-order valence-corrected chi connectivity index (χ4v) is 2.59. The van der Waals surface area contributed by atoms with Gasteiger partial charge < -0.3 is 15.7 Å². The van der Waals surface area contributed by atoms with Gasteiger partial charge in [0.2, 0.25) is 0 Å². The lowest BCUT2D eigenvalue weighted by Gasteiger charge is -2.21. The van der Waals surface area contributed by atoms with Crippen molar-refractivity contribution >= 4 is 23.5 Å². The third-order valence-electron chi connectivity index (χ3n) is 4.50. The number of anilines is 1. The molecule has 2 atom stereocenters. The van der Waals surface area contributed by atoms with Gasteiger partial charge in [-0.1, -0.05) is 50.1 Å². The van der Waals surface area contributed by atoms with Crippen LogP contribution in [-0.2, 0) is 4.79 Å². The highest BCUT2D eigenvalue weighted by Crippen LogP contribution is 2.18. The van der Waals surface area contributed by atoms with Crippen LogP contribution in [0, 0.1) is 12.8 Å². The molecule has 0 fully saturated rings. The first-order valence-electron chi connectivity index (χ1n) is 8.84. The Balaban J connectivity index is 2.21. The summed E-state index contributed by atoms with van der Waals surface area (Å²) >= 11 is 0. The maximum Gasteiger partial charge on any atom is 0.326 e. The second-order valence-electron chi connectivity index (χ2n) is 6.54. The minimum atomic E-state index is -1.08. The van der Waals surface area contributed by atoms with Gasteiger partial charge in [-0.2, -0.15) is 0 Å². The molecule has 6 nitrogen and oxygen atoms in total. The van der Waals surface area contributed by atoms with Crippen LogP contribution >= 0.6 is 0 Å². The first kappa shape index (κ1) is 20.2. The van der Waals surface area contributed by atoms with Gasteiger partial charge in [0, 0.05) is 5.56 Å². The number of carbonyl (C=O) groups excluding carboxylic acids is 2. The Morgan fingerprint density at radius 2 is 1.63 bits per heavy atom. The van der Waals surface area contributed by atoms with Gasteiger partial charge in [0.05, 0.1) is 11.3 Å². The molecule has 0 aliphatic heterocycles. The first-order valence-corrected chi connectivity index (χ1v) is 8.84. The zero-order valence-electron chi connectivity index (χ0n) is 15.7. The quantitative estimate of drug-likeness (QED) is 0.697. The number of aryl methyl sites for hydroxylation is 1. The standard InChI is InChI=1S/C21H24N2O4/c1-4-14(3)18(21(26)27)23-20(25)16-7-5-6-8-17(16)22-19(24)15-11-9-13(2)10-12-15/h5-12,14,18H,4H2,1-3H3,(H,22,24)(H,23,25)(H,26,27)/t14-,18+/m0/s1. The molecule has 0 spiro atoms. The number of hydrogen-bond acceptors (Lipinski definition) is 3. The normalized spacial score (nSPS) is 12.7. The zero-order chi connectivity index (χ0) is 20.0. The van der Waals surface area contributed by atoms with E-state index in [-0.39, 0.29) is 17.4 Å². The van der Waals surface area contributed by atoms with E-state index in [9.17, 15) is 19.5 Å². The van der Waals surface area contributed by atoms with Crippen LogP contribution in [0.4, 0.5) is 5.69 Å². The van der Waals surface area contributed by atoms with Crippen molar-refractivity contribution in [2.45, 2.75) is 33.2 Å². The summed E-state index contributed by atoms with van der Waals surface area (Å²) in [6.45, 7) is 5.56. The molecule has 2 aromatic rings. The lowest BCUT2D eigenvalue weighted by atomic mass is 9.98. The fraction of sp³-hybridized carbons (Fsp3) is 0.286. The van der Waals surface area contributed by atoms with Crippen LogP contribution < -0.4 is 10.6 Å². The van der Waals surface area contributed by atoms with Crippen LogP contribution in [0.2, 0.25) is 0 Å². The van der Waals surface area contributed by atoms with E-state index in [1.165, 1.54) is 0 Å². The number of carboxylic acid groups (broad SMARTS) is 1. The van der Waals surface area contributed by atoms with Crippen LogP contribution in [-0.4, -0.2) is 28.9 Å². The molecule has 0 saturated heterocycles. The Labute approximate surface area is 158 Å². The number of aliphatic carboxylic acids is 1. The monoisotopic (exact) mass is 368 g/mol. The van der Waals surface area contributed by atoms with Gasteiger partial charge in [-0.05, 0) is 37.1 Å². The van der Waals surface area contributed by atoms with Crippen LogP contribution in [0.5, 0.6) is 0 Å². The lowest BCUT2D eigenvalue weighted by Crippen LogP contribution is -2.45. The number of rotatable bonds is 7. The lowest BCUT2D eigenvalue weighted by molar-refractivity contribution is -0.140. The van der Waals surface area contributed by atoms with Crippen molar-refractivity contribution in [2.75, 3.05) is 5.32 Å². The summed E-state index contributed by atoms with van der Waals surface area (Å²) in [6, 6.07) is 12.6. The SMILES string of the molecule is CC[C@H](C)[C@@H](NC(=O)c1ccccc1NC(=O)c1ccc(C)cc1)C(=O)O. The van der Waals surface area contributed by atoms with E-state index < -0.39 is 17.9 Å². The van der Waals surface area contributed by atoms with E-state index in [0.717, 1.165) is 5.56 Å². The predicted octanol–water partition coefficient (Wildman–Crippen LogP) is 3.48. The van der Waals surface area contributed by atoms with E-state index in [1.807, 2.05) is 26.0 Å². The highest BCUT2D eigenvalue weighted by molar-refractivity contribution is 6.09. The molecule has 2 aromatic carbocycles. The smallest absolute Gasteiger partial charge is 0.326 e. The molecule has 0 unspecified atom stereocenters. The van der Waals surface area contributed by atoms with E-state index in [1.54, 1.807) is 43.3 Å². The van der Waals surface area contributed by atoms with Gasteiger partial charge in [-0.3, -0.25) is 9.59 Å². The third-order valence-corrected chi connectivity index (χ3v) is 4.50. The molecule has 0 bridgehead atoms. The Hall–Kier alpha value is -3.15. The van der Waals surface area contributed by atoms with Crippen molar-refractivity contribution in [1.29, 1.82) is 0 Å². The predicted molar refractivity (Wildman–Crippen MR) is 104 cm³/mol. The Bertz CT molecular complexity index is 830. The molecule has 142 valence electrons. The van der Waals surface area contributed by atoms with Crippen LogP contribution in [0.1, 0.15) is 46.5 Å². The maximum absolute atomic E-state index is 12.6. The molecular weight excluding hydrogens is 344 g/mol. The molecule has 0 aliphatic carbocycles. The first-order chi connectivity index (χ1) is 12.8. The maximum atomic E-state index is 12.6. The van der Waals surface area contributed by atoms with Crippen molar-refractivity contribution in [3.05, 3.63) is 65.2 Å². The van der Waals surface area contributed by atoms with Crippen molar-refractivity contribution in [2.24, 2.45) is 5.92 Å². The number of nitrogens with one attached hydrogen (secondary N) is 2. The summed E-state index contributed by atoms with van der Waals surface area (Å²) in [7, 11) is 0. The van der Waals surface area contributed by atoms with Crippen LogP contribution in [0.3, 0.4) is 0 Å². The van der Waals surface area contributed by atoms with Crippen molar-refractivity contribution in [3.8, 4) is 0 Å². The summed E-state index contributed by atoms with van der Waals surface area (Å²) in [5.41, 5.74) is 2.05. The largest absolute Gasteiger partial charge is 0.480 e. The van der Waals surface area contributed by atoms with Gasteiger partial charge >= 0.3 is 5.97 Å². The molecule has 0 aliphatic rings. The molecule has 3 N–H and O–H groups in total. The number of carboxylic acids is 1. The average molecular weight is 368 g/mol. The van der Waals surface area contributed by atoms with Gasteiger partial charge in [0.25, 0.3) is 11.8 Å². The second kappa shape index (κ2) is 8.98. The van der Waals surface area contributed by atoms with Crippen molar-refractivity contribution in [1.82, 2.24) is 5.32 Å². The van der Waals surface area contributed by atoms with Gasteiger partial charge in [0.15, 0.2) is 0 Å². The molecule has 0 aromatic heterocycles. The number of benzene rings is 2. The Kier molecular flexibility index (Phi) is 6.71. The number of para-hydroxylation sites is 1. The van der Waals surface area contributed by atoms with Crippen molar-refractivity contribution < 1.29 is 19.5 Å². The van der Waals surface area contributed by atoms with E-state index in [4.69, 9.17) is 0 Å². The molecular formula is C21H24N2O4. The zero-order valence-corrected chi connectivity index (χ0v) is 15.7. The van der Waals surface area contributed by atoms with Gasteiger partial charge in [0.1, 0.15) is 6.04 Å². The minimum Gasteiger partial charge on any atom is -0.480 e. The molecule has 0 heterocycles. The Morgan fingerprint density at radius 3 is 2.22 bits per heavy atom. The average Bonchev–Trinajstić information content (AvgIpc) is 2.66. The summed E-state index contributed by atoms with van der Waals surface area (Å²) in [6.07, 6.45) is 0.614. The molecule has 6 heteroatoms. The number of hydrogen-bond donors (Lipinski definition) is 3. The van der Waals surface area contributed by atoms with Gasteiger partial charge in [-0.15, -0.1) is 0 Å². The van der Waals surface area contributed by atoms with Crippen molar-refractivity contribution in [3.63, 3.8) is 0 Å². The highest BCUT2D eigenvalue weighted by Gasteiger charge is 2.26. The number of carbonyl (C=O) groups is 3. The molecule has 2 amide bonds. The topological polar surface area (TPSA) is 95.5 Å². The molecule has 0 radical (unpaired) electrons. The van der Waals surface area contributed by atoms with Crippen LogP contribution in [0.15, 0.2) is 48.5 Å².